The molecule has 1 heterocycles. The van der Waals surface area contributed by atoms with Gasteiger partial charge in [0, 0.05) is 0 Å². The molecule has 1 aliphatic rings. The van der Waals surface area contributed by atoms with Gasteiger partial charge in [0.15, 0.2) is 0 Å². The van der Waals surface area contributed by atoms with Crippen LogP contribution in [0.15, 0.2) is 18.7 Å². The normalized spacial score (nSPS) is 27.4. The van der Waals surface area contributed by atoms with Crippen molar-refractivity contribution in [3.05, 3.63) is 18.7 Å². The average molecular weight is 401 g/mol. The Balaban J connectivity index is 2.54. The molecule has 0 saturated heterocycles. The first-order chi connectivity index (χ1) is 11.5. The van der Waals surface area contributed by atoms with Gasteiger partial charge in [0.2, 0.25) is 0 Å². The fourth-order valence-electron chi connectivity index (χ4n) is 3.08. The van der Waals surface area contributed by atoms with Crippen LogP contribution in [0.4, 0.5) is 0 Å². The van der Waals surface area contributed by atoms with E-state index in [0.717, 1.165) is 10.9 Å². The maximum absolute atomic E-state index is 12.0. The number of carbonyl (C=O) groups is 1. The number of hydrogen-bond donors (Lipinski definition) is 7. The molecule has 0 bridgehead atoms. The summed E-state index contributed by atoms with van der Waals surface area (Å²) in [6.45, 7) is -1.44. The second-order valence-corrected chi connectivity index (χ2v) is 11.3. The number of Topliss-reactive ketones (excluding diaryl/α,β-unsaturated/α-hetero) is 1. The van der Waals surface area contributed by atoms with E-state index in [9.17, 15) is 39.3 Å². The molecular formula is C11H21N3O9P2. The maximum atomic E-state index is 12.0. The second kappa shape index (κ2) is 6.75. The molecule has 1 aromatic heterocycles. The molecule has 14 heteroatoms. The summed E-state index contributed by atoms with van der Waals surface area (Å²) in [7, 11) is -11.1. The van der Waals surface area contributed by atoms with Crippen LogP contribution in [0.5, 0.6) is 0 Å². The Morgan fingerprint density at radius 1 is 1.52 bits per heavy atom. The van der Waals surface area contributed by atoms with Crippen LogP contribution in [-0.4, -0.2) is 62.2 Å². The van der Waals surface area contributed by atoms with E-state index < -0.39 is 50.5 Å². The zero-order valence-corrected chi connectivity index (χ0v) is 14.9. The van der Waals surface area contributed by atoms with E-state index >= 15 is 0 Å². The molecule has 3 atom stereocenters. The summed E-state index contributed by atoms with van der Waals surface area (Å²) in [6, 6.07) is 0. The van der Waals surface area contributed by atoms with Gasteiger partial charge in [-0.3, -0.25) is 0 Å². The number of aliphatic hydroxyl groups is 1. The number of ketones is 1. The SMILES string of the molecule is NCC(=O)C1CCC1(OO)[PH](O)(O)C(O)(Cn1ccnc1)P(=O)(O)O. The fraction of sp³-hybridized carbons (Fsp3) is 0.636. The van der Waals surface area contributed by atoms with E-state index in [2.05, 4.69) is 9.87 Å². The Labute approximate surface area is 142 Å². The van der Waals surface area contributed by atoms with Gasteiger partial charge in [-0.2, -0.15) is 0 Å². The van der Waals surface area contributed by atoms with E-state index in [1.165, 1.54) is 12.4 Å². The van der Waals surface area contributed by atoms with Crippen LogP contribution >= 0.6 is 15.3 Å². The first kappa shape index (κ1) is 20.5. The van der Waals surface area contributed by atoms with Gasteiger partial charge in [-0.15, -0.1) is 0 Å². The zero-order valence-electron chi connectivity index (χ0n) is 13.0. The summed E-state index contributed by atoms with van der Waals surface area (Å²) in [5.41, 5.74) is 5.24. The van der Waals surface area contributed by atoms with E-state index in [1.54, 1.807) is 0 Å². The molecule has 8 N–H and O–H groups in total. The average Bonchev–Trinajstić information content (AvgIpc) is 2.98. The summed E-state index contributed by atoms with van der Waals surface area (Å²) >= 11 is 0. The summed E-state index contributed by atoms with van der Waals surface area (Å²) in [5, 5.41) is 14.2. The van der Waals surface area contributed by atoms with E-state index in [4.69, 9.17) is 5.73 Å². The summed E-state index contributed by atoms with van der Waals surface area (Å²) in [4.78, 5) is 60.4. The number of rotatable bonds is 8. The van der Waals surface area contributed by atoms with Crippen molar-refractivity contribution in [2.45, 2.75) is 29.8 Å². The van der Waals surface area contributed by atoms with Crippen LogP contribution in [0, 0.1) is 5.92 Å². The number of hydrogen-bond acceptors (Lipinski definition) is 9. The molecule has 1 fully saturated rings. The van der Waals surface area contributed by atoms with Crippen molar-refractivity contribution in [1.29, 1.82) is 0 Å². The van der Waals surface area contributed by atoms with Crippen molar-refractivity contribution in [1.82, 2.24) is 9.55 Å². The molecule has 1 aliphatic carbocycles. The van der Waals surface area contributed by atoms with Gasteiger partial charge in [-0.05, 0) is 0 Å². The standard InChI is InChI=1S/C11H21N3O9P2/c12-5-9(15)8-1-2-10(8,23-17)24(18,19)11(16,25(20,21)22)6-14-4-3-13-7-14/h3-4,7-8,16-19,24H,1-2,5-6,12H2,(H2,20,21,22). The topological polar surface area (TPSA) is 209 Å². The molecule has 0 spiro atoms. The second-order valence-electron chi connectivity index (χ2n) is 6.01. The molecule has 0 aliphatic heterocycles. The fourth-order valence-corrected chi connectivity index (χ4v) is 8.12. The van der Waals surface area contributed by atoms with Crippen molar-refractivity contribution >= 4 is 21.1 Å². The van der Waals surface area contributed by atoms with Gasteiger partial charge < -0.3 is 0 Å². The first-order valence-electron chi connectivity index (χ1n) is 7.20. The van der Waals surface area contributed by atoms with E-state index in [1.807, 2.05) is 0 Å². The summed E-state index contributed by atoms with van der Waals surface area (Å²) in [6.07, 6.45) is 3.34. The molecule has 12 nitrogen and oxygen atoms in total. The quantitative estimate of drug-likeness (QED) is 0.150. The van der Waals surface area contributed by atoms with Crippen LogP contribution in [0.2, 0.25) is 0 Å². The van der Waals surface area contributed by atoms with Crippen molar-refractivity contribution < 1.29 is 44.2 Å². The van der Waals surface area contributed by atoms with Gasteiger partial charge >= 0.3 is 142 Å². The van der Waals surface area contributed by atoms with Crippen molar-refractivity contribution in [3.63, 3.8) is 0 Å². The third kappa shape index (κ3) is 2.98. The van der Waals surface area contributed by atoms with Gasteiger partial charge in [0.1, 0.15) is 0 Å². The molecule has 0 amide bonds. The molecule has 3 unspecified atom stereocenters. The van der Waals surface area contributed by atoms with Crippen molar-refractivity contribution in [2.75, 3.05) is 6.54 Å². The third-order valence-electron chi connectivity index (χ3n) is 4.71. The summed E-state index contributed by atoms with van der Waals surface area (Å²) in [5.74, 6) is -2.01. The molecular weight excluding hydrogens is 380 g/mol. The zero-order chi connectivity index (χ0) is 19.1. The van der Waals surface area contributed by atoms with Gasteiger partial charge in [0.25, 0.3) is 0 Å². The van der Waals surface area contributed by atoms with Gasteiger partial charge in [0.05, 0.1) is 0 Å². The van der Waals surface area contributed by atoms with Gasteiger partial charge in [-0.1, -0.05) is 0 Å². The van der Waals surface area contributed by atoms with Crippen LogP contribution in [0.25, 0.3) is 0 Å². The number of imidazole rings is 1. The van der Waals surface area contributed by atoms with E-state index in [0.29, 0.717) is 0 Å². The monoisotopic (exact) mass is 401 g/mol. The molecule has 0 radical (unpaired) electrons. The minimum absolute atomic E-state index is 0.0504. The predicted molar refractivity (Wildman–Crippen MR) is 85.2 cm³/mol. The van der Waals surface area contributed by atoms with E-state index in [-0.39, 0.29) is 12.8 Å². The molecule has 144 valence electrons. The molecule has 0 aromatic carbocycles. The Kier molecular flexibility index (Phi) is 5.54. The molecule has 1 saturated carbocycles. The Morgan fingerprint density at radius 2 is 2.16 bits per heavy atom. The number of aromatic nitrogens is 2. The molecule has 2 rings (SSSR count). The Bertz CT molecular complexity index is 674. The molecule has 25 heavy (non-hydrogen) atoms. The Morgan fingerprint density at radius 3 is 2.52 bits per heavy atom. The predicted octanol–water partition coefficient (Wildman–Crippen LogP) is -1.60. The number of nitrogens with zero attached hydrogens (tertiary/aromatic N) is 2. The van der Waals surface area contributed by atoms with Crippen molar-refractivity contribution in [2.24, 2.45) is 11.7 Å². The molecule has 1 aromatic rings. The number of carbonyl (C=O) groups excluding carboxylic acids is 1. The third-order valence-corrected chi connectivity index (χ3v) is 10.8. The summed E-state index contributed by atoms with van der Waals surface area (Å²) < 4.78 is 13.0. The van der Waals surface area contributed by atoms with Crippen LogP contribution in [-0.2, 0) is 20.8 Å². The van der Waals surface area contributed by atoms with Gasteiger partial charge in [-0.25, -0.2) is 0 Å². The Hall–Kier alpha value is -0.780. The first-order valence-corrected chi connectivity index (χ1v) is 10.7. The van der Waals surface area contributed by atoms with Crippen LogP contribution in [0.1, 0.15) is 12.8 Å². The van der Waals surface area contributed by atoms with Crippen LogP contribution in [0.3, 0.4) is 0 Å². The van der Waals surface area contributed by atoms with Crippen molar-refractivity contribution in [3.8, 4) is 0 Å². The number of nitrogens with two attached hydrogens (primary N) is 1. The minimum atomic E-state index is -5.57. The van der Waals surface area contributed by atoms with Crippen LogP contribution < -0.4 is 5.73 Å².